The summed E-state index contributed by atoms with van der Waals surface area (Å²) in [6, 6.07) is 5.86. The molecule has 118 valence electrons. The minimum absolute atomic E-state index is 0.238. The SMILES string of the molecule is CC(C)(C)[S@+]([O-])NCCc1ccc(Cl)c(OCC2CC2)c1. The van der Waals surface area contributed by atoms with Crippen molar-refractivity contribution in [3.63, 3.8) is 0 Å². The Kier molecular flexibility index (Phi) is 5.83. The fraction of sp³-hybridized carbons (Fsp3) is 0.625. The van der Waals surface area contributed by atoms with Crippen molar-refractivity contribution in [2.24, 2.45) is 5.92 Å². The van der Waals surface area contributed by atoms with Gasteiger partial charge in [-0.15, -0.1) is 4.72 Å². The van der Waals surface area contributed by atoms with E-state index < -0.39 is 11.4 Å². The molecule has 1 aliphatic rings. The van der Waals surface area contributed by atoms with Crippen LogP contribution in [0.1, 0.15) is 39.2 Å². The van der Waals surface area contributed by atoms with Gasteiger partial charge in [0.25, 0.3) is 0 Å². The van der Waals surface area contributed by atoms with Crippen LogP contribution in [0, 0.1) is 5.92 Å². The van der Waals surface area contributed by atoms with Crippen LogP contribution in [0.3, 0.4) is 0 Å². The number of hydrogen-bond donors (Lipinski definition) is 1. The summed E-state index contributed by atoms with van der Waals surface area (Å²) in [5.74, 6) is 1.47. The van der Waals surface area contributed by atoms with Crippen molar-refractivity contribution in [3.8, 4) is 5.75 Å². The van der Waals surface area contributed by atoms with Gasteiger partial charge in [-0.2, -0.15) is 0 Å². The van der Waals surface area contributed by atoms with E-state index in [1.165, 1.54) is 12.8 Å². The molecule has 0 amide bonds. The van der Waals surface area contributed by atoms with E-state index in [9.17, 15) is 4.55 Å². The molecule has 1 aliphatic carbocycles. The van der Waals surface area contributed by atoms with E-state index in [4.69, 9.17) is 16.3 Å². The monoisotopic (exact) mass is 329 g/mol. The standard InChI is InChI=1S/C16H24ClNO2S/c1-16(2,3)21(19)18-9-8-12-6-7-14(17)15(10-12)20-11-13-4-5-13/h6-7,10,13,18H,4-5,8-9,11H2,1-3H3/t21-/m0/s1. The summed E-state index contributed by atoms with van der Waals surface area (Å²) in [5.41, 5.74) is 1.14. The van der Waals surface area contributed by atoms with E-state index in [1.54, 1.807) is 0 Å². The Morgan fingerprint density at radius 2 is 2.10 bits per heavy atom. The van der Waals surface area contributed by atoms with Crippen LogP contribution >= 0.6 is 11.6 Å². The first-order chi connectivity index (χ1) is 9.86. The van der Waals surface area contributed by atoms with Crippen molar-refractivity contribution < 1.29 is 9.29 Å². The van der Waals surface area contributed by atoms with Crippen molar-refractivity contribution in [1.82, 2.24) is 4.72 Å². The van der Waals surface area contributed by atoms with E-state index in [-0.39, 0.29) is 4.75 Å². The number of hydrogen-bond acceptors (Lipinski definition) is 3. The van der Waals surface area contributed by atoms with Crippen LogP contribution in [0.2, 0.25) is 5.02 Å². The molecule has 1 fully saturated rings. The van der Waals surface area contributed by atoms with E-state index >= 15 is 0 Å². The number of rotatable bonds is 7. The first kappa shape index (κ1) is 16.9. The summed E-state index contributed by atoms with van der Waals surface area (Å²) in [5, 5.41) is 0.658. The predicted molar refractivity (Wildman–Crippen MR) is 89.3 cm³/mol. The maximum absolute atomic E-state index is 11.9. The van der Waals surface area contributed by atoms with Gasteiger partial charge in [-0.3, -0.25) is 0 Å². The lowest BCUT2D eigenvalue weighted by Crippen LogP contribution is -2.40. The minimum atomic E-state index is -1.03. The fourth-order valence-electron chi connectivity index (χ4n) is 1.81. The Labute approximate surface area is 135 Å². The molecule has 1 atom stereocenters. The molecule has 0 spiro atoms. The van der Waals surface area contributed by atoms with Crippen molar-refractivity contribution in [2.75, 3.05) is 13.2 Å². The third kappa shape index (κ3) is 5.70. The van der Waals surface area contributed by atoms with Gasteiger partial charge in [0.05, 0.1) is 11.6 Å². The highest BCUT2D eigenvalue weighted by atomic mass is 35.5. The van der Waals surface area contributed by atoms with E-state index in [0.29, 0.717) is 17.5 Å². The average Bonchev–Trinajstić information content (AvgIpc) is 3.22. The maximum atomic E-state index is 11.9. The summed E-state index contributed by atoms with van der Waals surface area (Å²) in [4.78, 5) is 0. The van der Waals surface area contributed by atoms with Crippen LogP contribution < -0.4 is 9.46 Å². The molecule has 5 heteroatoms. The summed E-state index contributed by atoms with van der Waals surface area (Å²) in [6.45, 7) is 7.32. The normalized spacial score (nSPS) is 16.8. The van der Waals surface area contributed by atoms with Gasteiger partial charge in [-0.25, -0.2) is 0 Å². The van der Waals surface area contributed by atoms with Crippen LogP contribution in [0.15, 0.2) is 18.2 Å². The van der Waals surface area contributed by atoms with Crippen LogP contribution in [-0.4, -0.2) is 22.5 Å². The molecule has 0 heterocycles. The molecule has 2 rings (SSSR count). The summed E-state index contributed by atoms with van der Waals surface area (Å²) in [6.07, 6.45) is 3.33. The molecule has 1 N–H and O–H groups in total. The Morgan fingerprint density at radius 1 is 1.38 bits per heavy atom. The van der Waals surface area contributed by atoms with E-state index in [1.807, 2.05) is 39.0 Å². The first-order valence-electron chi connectivity index (χ1n) is 7.43. The van der Waals surface area contributed by atoms with Gasteiger partial charge in [0.2, 0.25) is 0 Å². The Bertz CT molecular complexity index is 472. The van der Waals surface area contributed by atoms with Gasteiger partial charge in [-0.05, 0) is 63.6 Å². The Morgan fingerprint density at radius 3 is 2.71 bits per heavy atom. The minimum Gasteiger partial charge on any atom is -0.598 e. The first-order valence-corrected chi connectivity index (χ1v) is 8.95. The van der Waals surface area contributed by atoms with Crippen LogP contribution in [0.4, 0.5) is 0 Å². The molecule has 0 saturated heterocycles. The number of nitrogens with one attached hydrogen (secondary N) is 1. The third-order valence-electron chi connectivity index (χ3n) is 3.37. The van der Waals surface area contributed by atoms with Gasteiger partial charge in [0, 0.05) is 17.9 Å². The number of ether oxygens (including phenoxy) is 1. The Balaban J connectivity index is 1.83. The fourth-order valence-corrected chi connectivity index (χ4v) is 2.70. The topological polar surface area (TPSA) is 44.3 Å². The largest absolute Gasteiger partial charge is 0.598 e. The zero-order valence-electron chi connectivity index (χ0n) is 12.9. The predicted octanol–water partition coefficient (Wildman–Crippen LogP) is 3.72. The molecular formula is C16H24ClNO2S. The van der Waals surface area contributed by atoms with Crippen molar-refractivity contribution >= 4 is 23.0 Å². The quantitative estimate of drug-likeness (QED) is 0.775. The highest BCUT2D eigenvalue weighted by Crippen LogP contribution is 2.32. The molecule has 0 aliphatic heterocycles. The van der Waals surface area contributed by atoms with Gasteiger partial charge < -0.3 is 9.29 Å². The lowest BCUT2D eigenvalue weighted by molar-refractivity contribution is 0.299. The molecule has 1 aromatic carbocycles. The second kappa shape index (κ2) is 7.23. The van der Waals surface area contributed by atoms with Crippen LogP contribution in [-0.2, 0) is 17.8 Å². The maximum Gasteiger partial charge on any atom is 0.138 e. The van der Waals surface area contributed by atoms with Gasteiger partial charge in [0.15, 0.2) is 0 Å². The molecule has 1 saturated carbocycles. The van der Waals surface area contributed by atoms with Crippen LogP contribution in [0.25, 0.3) is 0 Å². The van der Waals surface area contributed by atoms with Crippen molar-refractivity contribution in [2.45, 2.75) is 44.8 Å². The van der Waals surface area contributed by atoms with E-state index in [2.05, 4.69) is 4.72 Å². The van der Waals surface area contributed by atoms with Gasteiger partial charge in [0.1, 0.15) is 10.5 Å². The smallest absolute Gasteiger partial charge is 0.138 e. The molecule has 0 bridgehead atoms. The second-order valence-electron chi connectivity index (χ2n) is 6.54. The van der Waals surface area contributed by atoms with Crippen molar-refractivity contribution in [1.29, 1.82) is 0 Å². The van der Waals surface area contributed by atoms with Crippen LogP contribution in [0.5, 0.6) is 5.75 Å². The van der Waals surface area contributed by atoms with Gasteiger partial charge >= 0.3 is 0 Å². The zero-order chi connectivity index (χ0) is 15.5. The van der Waals surface area contributed by atoms with Crippen molar-refractivity contribution in [3.05, 3.63) is 28.8 Å². The lowest BCUT2D eigenvalue weighted by atomic mass is 10.1. The molecule has 0 unspecified atom stereocenters. The highest BCUT2D eigenvalue weighted by molar-refractivity contribution is 7.90. The lowest BCUT2D eigenvalue weighted by Gasteiger charge is -2.23. The summed E-state index contributed by atoms with van der Waals surface area (Å²) >= 11 is 5.13. The molecule has 3 nitrogen and oxygen atoms in total. The molecular weight excluding hydrogens is 306 g/mol. The summed E-state index contributed by atoms with van der Waals surface area (Å²) < 4.78 is 20.5. The molecule has 21 heavy (non-hydrogen) atoms. The van der Waals surface area contributed by atoms with E-state index in [0.717, 1.165) is 24.3 Å². The number of halogens is 1. The molecule has 0 aromatic heterocycles. The average molecular weight is 330 g/mol. The molecule has 0 radical (unpaired) electrons. The third-order valence-corrected chi connectivity index (χ3v) is 5.26. The number of benzene rings is 1. The molecule has 1 aromatic rings. The van der Waals surface area contributed by atoms with Gasteiger partial charge in [-0.1, -0.05) is 17.7 Å². The zero-order valence-corrected chi connectivity index (χ0v) is 14.5. The second-order valence-corrected chi connectivity index (χ2v) is 9.00. The summed E-state index contributed by atoms with van der Waals surface area (Å²) in [7, 11) is 0. The highest BCUT2D eigenvalue weighted by Gasteiger charge is 2.25. The Hall–Kier alpha value is -0.420.